The maximum Gasteiger partial charge on any atom is 0.354 e. The topological polar surface area (TPSA) is 59.4 Å². The molecule has 0 saturated heterocycles. The van der Waals surface area contributed by atoms with Gasteiger partial charge >= 0.3 is 5.97 Å². The second kappa shape index (κ2) is 5.11. The average molecular weight is 274 g/mol. The number of hydrogen-bond donors (Lipinski definition) is 1. The van der Waals surface area contributed by atoms with E-state index >= 15 is 0 Å². The highest BCUT2D eigenvalue weighted by atomic mass is 79.9. The summed E-state index contributed by atoms with van der Waals surface area (Å²) in [5, 5.41) is 8.69. The number of aromatic nitrogens is 1. The second-order valence-electron chi connectivity index (χ2n) is 3.51. The molecule has 0 unspecified atom stereocenters. The molecule has 15 heavy (non-hydrogen) atoms. The largest absolute Gasteiger partial charge is 0.491 e. The van der Waals surface area contributed by atoms with E-state index in [1.54, 1.807) is 0 Å². The quantitative estimate of drug-likeness (QED) is 0.916. The van der Waals surface area contributed by atoms with Gasteiger partial charge in [-0.05, 0) is 27.9 Å². The minimum atomic E-state index is -1.05. The lowest BCUT2D eigenvalue weighted by molar-refractivity contribution is 0.0690. The fourth-order valence-corrected chi connectivity index (χ4v) is 1.33. The Morgan fingerprint density at radius 2 is 2.33 bits per heavy atom. The third-order valence-electron chi connectivity index (χ3n) is 1.61. The number of pyridine rings is 1. The Morgan fingerprint density at radius 3 is 2.80 bits per heavy atom. The first-order valence-corrected chi connectivity index (χ1v) is 5.31. The van der Waals surface area contributed by atoms with Crippen LogP contribution in [0.15, 0.2) is 16.7 Å². The van der Waals surface area contributed by atoms with Gasteiger partial charge in [0.05, 0.1) is 17.3 Å². The van der Waals surface area contributed by atoms with Crippen LogP contribution in [0.1, 0.15) is 24.3 Å². The van der Waals surface area contributed by atoms with E-state index in [0.29, 0.717) is 22.7 Å². The fraction of sp³-hybridized carbons (Fsp3) is 0.400. The Balaban J connectivity index is 2.79. The highest BCUT2D eigenvalue weighted by molar-refractivity contribution is 9.10. The zero-order valence-corrected chi connectivity index (χ0v) is 10.1. The molecule has 0 atom stereocenters. The van der Waals surface area contributed by atoms with Gasteiger partial charge in [-0.1, -0.05) is 13.8 Å². The van der Waals surface area contributed by atoms with E-state index in [1.165, 1.54) is 12.3 Å². The molecular weight excluding hydrogens is 262 g/mol. The Labute approximate surface area is 96.4 Å². The summed E-state index contributed by atoms with van der Waals surface area (Å²) in [5.74, 6) is -0.0733. The van der Waals surface area contributed by atoms with Crippen LogP contribution in [-0.2, 0) is 0 Å². The highest BCUT2D eigenvalue weighted by Crippen LogP contribution is 2.24. The van der Waals surface area contributed by atoms with Crippen LogP contribution >= 0.6 is 15.9 Å². The molecule has 0 radical (unpaired) electrons. The van der Waals surface area contributed by atoms with Gasteiger partial charge in [-0.25, -0.2) is 9.78 Å². The molecule has 0 aliphatic rings. The van der Waals surface area contributed by atoms with Crippen LogP contribution in [0, 0.1) is 5.92 Å². The van der Waals surface area contributed by atoms with Crippen LogP contribution in [-0.4, -0.2) is 22.7 Å². The van der Waals surface area contributed by atoms with Crippen molar-refractivity contribution < 1.29 is 14.6 Å². The molecule has 1 aromatic rings. The van der Waals surface area contributed by atoms with Gasteiger partial charge in [0.25, 0.3) is 0 Å². The third kappa shape index (κ3) is 3.51. The van der Waals surface area contributed by atoms with Crippen molar-refractivity contribution >= 4 is 21.9 Å². The molecule has 0 bridgehead atoms. The van der Waals surface area contributed by atoms with E-state index in [4.69, 9.17) is 9.84 Å². The first kappa shape index (κ1) is 12.0. The molecule has 5 heteroatoms. The van der Waals surface area contributed by atoms with Crippen LogP contribution < -0.4 is 4.74 Å². The molecular formula is C10H12BrNO3. The van der Waals surface area contributed by atoms with Gasteiger partial charge in [0.15, 0.2) is 5.75 Å². The SMILES string of the molecule is CC(C)COc1cnc(C(=O)O)cc1Br. The molecule has 0 aliphatic carbocycles. The summed E-state index contributed by atoms with van der Waals surface area (Å²) in [4.78, 5) is 14.4. The van der Waals surface area contributed by atoms with Gasteiger partial charge in [-0.2, -0.15) is 0 Å². The van der Waals surface area contributed by atoms with E-state index in [2.05, 4.69) is 20.9 Å². The maximum absolute atomic E-state index is 10.6. The number of hydrogen-bond acceptors (Lipinski definition) is 3. The van der Waals surface area contributed by atoms with Crippen molar-refractivity contribution in [1.29, 1.82) is 0 Å². The summed E-state index contributed by atoms with van der Waals surface area (Å²) < 4.78 is 6.04. The molecule has 1 aromatic heterocycles. The maximum atomic E-state index is 10.6. The lowest BCUT2D eigenvalue weighted by atomic mass is 10.2. The van der Waals surface area contributed by atoms with Gasteiger partial charge < -0.3 is 9.84 Å². The minimum absolute atomic E-state index is 0.00114. The van der Waals surface area contributed by atoms with Gasteiger partial charge in [0.2, 0.25) is 0 Å². The van der Waals surface area contributed by atoms with Gasteiger partial charge in [-0.3, -0.25) is 0 Å². The Bertz CT molecular complexity index is 366. The van der Waals surface area contributed by atoms with Crippen molar-refractivity contribution in [3.05, 3.63) is 22.4 Å². The summed E-state index contributed by atoms with van der Waals surface area (Å²) >= 11 is 3.24. The van der Waals surface area contributed by atoms with E-state index in [1.807, 2.05) is 13.8 Å². The number of ether oxygens (including phenoxy) is 1. The number of carbonyl (C=O) groups is 1. The standard InChI is InChI=1S/C10H12BrNO3/c1-6(2)5-15-9-4-12-8(10(13)14)3-7(9)11/h3-4,6H,5H2,1-2H3,(H,13,14). The van der Waals surface area contributed by atoms with Crippen molar-refractivity contribution in [2.75, 3.05) is 6.61 Å². The Kier molecular flexibility index (Phi) is 4.08. The zero-order chi connectivity index (χ0) is 11.4. The highest BCUT2D eigenvalue weighted by Gasteiger charge is 2.09. The number of rotatable bonds is 4. The molecule has 0 spiro atoms. The van der Waals surface area contributed by atoms with Crippen LogP contribution in [0.5, 0.6) is 5.75 Å². The number of carboxylic acids is 1. The lowest BCUT2D eigenvalue weighted by Crippen LogP contribution is -2.06. The molecule has 0 aliphatic heterocycles. The Hall–Kier alpha value is -1.10. The van der Waals surface area contributed by atoms with Gasteiger partial charge in [-0.15, -0.1) is 0 Å². The lowest BCUT2D eigenvalue weighted by Gasteiger charge is -2.09. The predicted octanol–water partition coefficient (Wildman–Crippen LogP) is 2.58. The zero-order valence-electron chi connectivity index (χ0n) is 8.53. The molecule has 82 valence electrons. The van der Waals surface area contributed by atoms with Crippen LogP contribution in [0.4, 0.5) is 0 Å². The molecule has 1 N–H and O–H groups in total. The van der Waals surface area contributed by atoms with Crippen LogP contribution in [0.25, 0.3) is 0 Å². The molecule has 0 saturated carbocycles. The van der Waals surface area contributed by atoms with E-state index in [9.17, 15) is 4.79 Å². The monoisotopic (exact) mass is 273 g/mol. The Morgan fingerprint density at radius 1 is 1.67 bits per heavy atom. The summed E-state index contributed by atoms with van der Waals surface area (Å²) in [6, 6.07) is 1.43. The molecule has 1 heterocycles. The van der Waals surface area contributed by atoms with Crippen LogP contribution in [0.2, 0.25) is 0 Å². The van der Waals surface area contributed by atoms with Crippen molar-refractivity contribution in [3.63, 3.8) is 0 Å². The number of nitrogens with zero attached hydrogens (tertiary/aromatic N) is 1. The molecule has 0 amide bonds. The third-order valence-corrected chi connectivity index (χ3v) is 2.23. The van der Waals surface area contributed by atoms with Crippen molar-refractivity contribution in [2.24, 2.45) is 5.92 Å². The van der Waals surface area contributed by atoms with E-state index < -0.39 is 5.97 Å². The van der Waals surface area contributed by atoms with E-state index in [0.717, 1.165) is 0 Å². The molecule has 4 nitrogen and oxygen atoms in total. The van der Waals surface area contributed by atoms with Crippen molar-refractivity contribution in [1.82, 2.24) is 4.98 Å². The first-order chi connectivity index (χ1) is 7.00. The predicted molar refractivity (Wildman–Crippen MR) is 59.2 cm³/mol. The van der Waals surface area contributed by atoms with Crippen molar-refractivity contribution in [3.8, 4) is 5.75 Å². The summed E-state index contributed by atoms with van der Waals surface area (Å²) in [6.07, 6.45) is 1.41. The van der Waals surface area contributed by atoms with Gasteiger partial charge in [0.1, 0.15) is 5.69 Å². The first-order valence-electron chi connectivity index (χ1n) is 4.52. The summed E-state index contributed by atoms with van der Waals surface area (Å²) in [7, 11) is 0. The summed E-state index contributed by atoms with van der Waals surface area (Å²) in [5.41, 5.74) is -0.00114. The van der Waals surface area contributed by atoms with Crippen molar-refractivity contribution in [2.45, 2.75) is 13.8 Å². The number of aromatic carboxylic acids is 1. The molecule has 0 aromatic carbocycles. The minimum Gasteiger partial charge on any atom is -0.491 e. The van der Waals surface area contributed by atoms with E-state index in [-0.39, 0.29) is 5.69 Å². The summed E-state index contributed by atoms with van der Waals surface area (Å²) in [6.45, 7) is 4.65. The normalized spacial score (nSPS) is 10.4. The fourth-order valence-electron chi connectivity index (χ4n) is 0.898. The van der Waals surface area contributed by atoms with Gasteiger partial charge in [0, 0.05) is 0 Å². The van der Waals surface area contributed by atoms with Crippen LogP contribution in [0.3, 0.4) is 0 Å². The second-order valence-corrected chi connectivity index (χ2v) is 4.36. The number of carboxylic acid groups (broad SMARTS) is 1. The molecule has 0 fully saturated rings. The smallest absolute Gasteiger partial charge is 0.354 e. The number of halogens is 1. The average Bonchev–Trinajstić information content (AvgIpc) is 2.15. The molecule has 1 rings (SSSR count).